The normalized spacial score (nSPS) is 12.6. The van der Waals surface area contributed by atoms with Gasteiger partial charge in [0.1, 0.15) is 11.2 Å². The topological polar surface area (TPSA) is 16.4 Å². The molecule has 2 nitrogen and oxygen atoms in total. The molecule has 0 bridgehead atoms. The summed E-state index contributed by atoms with van der Waals surface area (Å²) in [6, 6.07) is 105. The lowest BCUT2D eigenvalue weighted by Gasteiger charge is -2.34. The van der Waals surface area contributed by atoms with Crippen molar-refractivity contribution in [3.63, 3.8) is 0 Å². The molecule has 1 aliphatic rings. The van der Waals surface area contributed by atoms with Crippen LogP contribution in [0.2, 0.25) is 0 Å². The van der Waals surface area contributed by atoms with Gasteiger partial charge in [0.15, 0.2) is 0 Å². The van der Waals surface area contributed by atoms with Gasteiger partial charge in [0, 0.05) is 47.9 Å². The van der Waals surface area contributed by atoms with Crippen LogP contribution in [0.15, 0.2) is 290 Å². The van der Waals surface area contributed by atoms with Crippen molar-refractivity contribution >= 4 is 70.5 Å². The zero-order valence-electron chi connectivity index (χ0n) is 41.4. The summed E-state index contributed by atoms with van der Waals surface area (Å²) in [5.41, 5.74) is 21.6. The third kappa shape index (κ3) is 7.08. The lowest BCUT2D eigenvalue weighted by atomic mass is 9.68. The molecule has 2 aromatic heterocycles. The smallest absolute Gasteiger partial charge is 0.135 e. The maximum Gasteiger partial charge on any atom is 0.135 e. The van der Waals surface area contributed by atoms with Gasteiger partial charge in [-0.25, -0.2) is 0 Å². The Labute approximate surface area is 445 Å². The van der Waals surface area contributed by atoms with Gasteiger partial charge in [-0.05, 0) is 139 Å². The van der Waals surface area contributed by atoms with Gasteiger partial charge in [0.2, 0.25) is 0 Å². The van der Waals surface area contributed by atoms with E-state index in [1.807, 2.05) is 23.5 Å². The Bertz CT molecular complexity index is 4240. The van der Waals surface area contributed by atoms with E-state index < -0.39 is 5.41 Å². The molecule has 0 saturated heterocycles. The number of hydrogen-bond acceptors (Lipinski definition) is 3. The highest BCUT2D eigenvalue weighted by Crippen LogP contribution is 2.59. The zero-order chi connectivity index (χ0) is 50.2. The van der Waals surface area contributed by atoms with Crippen LogP contribution >= 0.6 is 11.3 Å². The number of anilines is 3. The maximum atomic E-state index is 6.14. The SMILES string of the molecule is c1ccc(C2(c3ccccc3)c3ccccc3-c3c(N(c4ccc(-c5ccc(-c6ccc7oc8ccccc8c7c6)cc5)cc4)c4ccc(-c5ccc(-c6ccc7sc8ccccc8c7c6)cc5)cc4)cccc32)cc1. The van der Waals surface area contributed by atoms with E-state index in [9.17, 15) is 0 Å². The number of hydrogen-bond donors (Lipinski definition) is 0. The van der Waals surface area contributed by atoms with Gasteiger partial charge < -0.3 is 9.32 Å². The number of rotatable bonds is 9. The molecule has 1 aliphatic carbocycles. The number of fused-ring (bicyclic) bond motifs is 9. The van der Waals surface area contributed by atoms with E-state index in [-0.39, 0.29) is 0 Å². The minimum atomic E-state index is -0.524. The summed E-state index contributed by atoms with van der Waals surface area (Å²) in [6.45, 7) is 0. The minimum absolute atomic E-state index is 0.524. The van der Waals surface area contributed by atoms with Crippen LogP contribution in [0.5, 0.6) is 0 Å². The molecular formula is C73H47NOS. The van der Waals surface area contributed by atoms with Gasteiger partial charge in [-0.2, -0.15) is 0 Å². The maximum absolute atomic E-state index is 6.14. The highest BCUT2D eigenvalue weighted by Gasteiger charge is 2.47. The van der Waals surface area contributed by atoms with Crippen LogP contribution in [0.3, 0.4) is 0 Å². The molecule has 0 spiro atoms. The summed E-state index contributed by atoms with van der Waals surface area (Å²) in [6.07, 6.45) is 0. The van der Waals surface area contributed by atoms with E-state index in [2.05, 4.69) is 278 Å². The molecule has 14 aromatic rings. The highest BCUT2D eigenvalue weighted by atomic mass is 32.1. The second-order valence-electron chi connectivity index (χ2n) is 19.9. The van der Waals surface area contributed by atoms with Crippen molar-refractivity contribution < 1.29 is 4.42 Å². The first-order chi connectivity index (χ1) is 37.7. The summed E-state index contributed by atoms with van der Waals surface area (Å²) in [5.74, 6) is 0. The van der Waals surface area contributed by atoms with E-state index in [0.29, 0.717) is 0 Å². The lowest BCUT2D eigenvalue weighted by molar-refractivity contribution is 0.669. The molecule has 0 aliphatic heterocycles. The molecule has 0 amide bonds. The van der Waals surface area contributed by atoms with Gasteiger partial charge in [-0.1, -0.05) is 218 Å². The minimum Gasteiger partial charge on any atom is -0.456 e. The van der Waals surface area contributed by atoms with Gasteiger partial charge in [0.25, 0.3) is 0 Å². The molecule has 2 heterocycles. The monoisotopic (exact) mass is 985 g/mol. The average molecular weight is 986 g/mol. The van der Waals surface area contributed by atoms with Crippen LogP contribution in [0.1, 0.15) is 22.3 Å². The summed E-state index contributed by atoms with van der Waals surface area (Å²) < 4.78 is 8.79. The predicted octanol–water partition coefficient (Wildman–Crippen LogP) is 20.5. The first-order valence-corrected chi connectivity index (χ1v) is 26.9. The zero-order valence-corrected chi connectivity index (χ0v) is 42.2. The number of thiophene rings is 1. The largest absolute Gasteiger partial charge is 0.456 e. The molecule has 0 saturated carbocycles. The first kappa shape index (κ1) is 44.0. The molecule has 12 aromatic carbocycles. The fraction of sp³-hybridized carbons (Fsp3) is 0.0137. The van der Waals surface area contributed by atoms with Crippen LogP contribution in [-0.4, -0.2) is 0 Å². The quantitative estimate of drug-likeness (QED) is 0.143. The van der Waals surface area contributed by atoms with Gasteiger partial charge in [-0.3, -0.25) is 0 Å². The Morgan fingerprint density at radius 2 is 0.750 bits per heavy atom. The Kier molecular flexibility index (Phi) is 10.3. The summed E-state index contributed by atoms with van der Waals surface area (Å²) in [7, 11) is 0. The summed E-state index contributed by atoms with van der Waals surface area (Å²) in [4.78, 5) is 2.46. The van der Waals surface area contributed by atoms with Crippen LogP contribution in [0.25, 0.3) is 97.7 Å². The van der Waals surface area contributed by atoms with Gasteiger partial charge in [0.05, 0.1) is 11.1 Å². The third-order valence-corrected chi connectivity index (χ3v) is 17.0. The molecule has 76 heavy (non-hydrogen) atoms. The molecule has 0 N–H and O–H groups in total. The lowest BCUT2D eigenvalue weighted by Crippen LogP contribution is -2.28. The second-order valence-corrected chi connectivity index (χ2v) is 21.0. The molecule has 0 fully saturated rings. The summed E-state index contributed by atoms with van der Waals surface area (Å²) in [5, 5.41) is 4.92. The number of para-hydroxylation sites is 1. The molecule has 0 atom stereocenters. The van der Waals surface area contributed by atoms with Crippen molar-refractivity contribution in [2.45, 2.75) is 5.41 Å². The molecule has 0 radical (unpaired) electrons. The molecule has 15 rings (SSSR count). The third-order valence-electron chi connectivity index (χ3n) is 15.8. The van der Waals surface area contributed by atoms with Crippen LogP contribution in [-0.2, 0) is 5.41 Å². The van der Waals surface area contributed by atoms with Gasteiger partial charge in [-0.15, -0.1) is 11.3 Å². The fourth-order valence-corrected chi connectivity index (χ4v) is 13.3. The molecule has 3 heteroatoms. The van der Waals surface area contributed by atoms with Crippen LogP contribution < -0.4 is 4.90 Å². The van der Waals surface area contributed by atoms with E-state index in [0.717, 1.165) is 50.1 Å². The van der Waals surface area contributed by atoms with Gasteiger partial charge >= 0.3 is 0 Å². The van der Waals surface area contributed by atoms with E-state index >= 15 is 0 Å². The number of benzene rings is 12. The predicted molar refractivity (Wildman–Crippen MR) is 320 cm³/mol. The fourth-order valence-electron chi connectivity index (χ4n) is 12.2. The Morgan fingerprint density at radius 3 is 1.38 bits per heavy atom. The van der Waals surface area contributed by atoms with E-state index in [1.54, 1.807) is 0 Å². The first-order valence-electron chi connectivity index (χ1n) is 26.0. The van der Waals surface area contributed by atoms with Crippen molar-refractivity contribution in [3.05, 3.63) is 307 Å². The summed E-state index contributed by atoms with van der Waals surface area (Å²) >= 11 is 1.86. The number of nitrogens with zero attached hydrogens (tertiary/aromatic N) is 1. The van der Waals surface area contributed by atoms with Crippen molar-refractivity contribution in [1.82, 2.24) is 0 Å². The molecule has 356 valence electrons. The molecular weight excluding hydrogens is 939 g/mol. The Balaban J connectivity index is 0.822. The van der Waals surface area contributed by atoms with E-state index in [1.165, 1.54) is 86.9 Å². The Morgan fingerprint density at radius 1 is 0.303 bits per heavy atom. The Hall–Kier alpha value is -9.54. The van der Waals surface area contributed by atoms with Crippen molar-refractivity contribution in [1.29, 1.82) is 0 Å². The van der Waals surface area contributed by atoms with Crippen molar-refractivity contribution in [2.75, 3.05) is 4.90 Å². The van der Waals surface area contributed by atoms with Crippen molar-refractivity contribution in [2.24, 2.45) is 0 Å². The highest BCUT2D eigenvalue weighted by molar-refractivity contribution is 7.25. The van der Waals surface area contributed by atoms with Crippen LogP contribution in [0, 0.1) is 0 Å². The average Bonchev–Trinajstić information content (AvgIpc) is 4.32. The van der Waals surface area contributed by atoms with Crippen LogP contribution in [0.4, 0.5) is 17.1 Å². The van der Waals surface area contributed by atoms with Crippen molar-refractivity contribution in [3.8, 4) is 55.6 Å². The standard InChI is InChI=1S/C73H47NOS/c1-3-14-56(15-4-1)73(57-16-5-2-6-17-57)65-21-10-7-20-62(65)72-66(73)22-13-23-67(72)74(58-40-34-50(35-41-58)48-26-30-52(31-27-48)54-38-44-69-63(46-54)60-18-8-11-24-68(60)75-69)59-42-36-51(37-43-59)49-28-32-53(33-29-49)55-39-45-71-64(47-55)61-19-9-12-25-70(61)76-71/h1-47H. The molecule has 0 unspecified atom stereocenters. The van der Waals surface area contributed by atoms with E-state index in [4.69, 9.17) is 4.42 Å². The number of furan rings is 1. The second kappa shape index (κ2) is 17.8.